The third kappa shape index (κ3) is 12.8. The number of rotatable bonds is 18. The molecule has 2 heterocycles. The number of aromatic nitrogens is 2. The first-order valence-electron chi connectivity index (χ1n) is 14.9. The van der Waals surface area contributed by atoms with Crippen LogP contribution in [0.15, 0.2) is 6.08 Å². The molecule has 2 atom stereocenters. The minimum Gasteiger partial charge on any atom is -0.475 e. The number of likely N-dealkylation sites (N-methyl/N-ethyl adjacent to an activating group) is 1. The zero-order valence-corrected chi connectivity index (χ0v) is 26.1. The molecule has 8 nitrogen and oxygen atoms in total. The van der Waals surface area contributed by atoms with Gasteiger partial charge in [-0.15, -0.1) is 4.37 Å². The number of carbonyl (C=O) groups excluding carboxylic acids is 2. The van der Waals surface area contributed by atoms with Crippen LogP contribution in [0.5, 0.6) is 5.88 Å². The smallest absolute Gasteiger partial charge is 0.310 e. The predicted octanol–water partition coefficient (Wildman–Crippen LogP) is 7.08. The molecule has 9 heteroatoms. The quantitative estimate of drug-likeness (QED) is 0.107. The largest absolute Gasteiger partial charge is 0.475 e. The van der Waals surface area contributed by atoms with Gasteiger partial charge in [-0.05, 0) is 40.0 Å². The molecule has 0 aromatic carbocycles. The van der Waals surface area contributed by atoms with Crippen LogP contribution in [-0.2, 0) is 19.1 Å². The van der Waals surface area contributed by atoms with E-state index in [2.05, 4.69) is 28.8 Å². The highest BCUT2D eigenvalue weighted by atomic mass is 32.1. The zero-order chi connectivity index (χ0) is 28.7. The van der Waals surface area contributed by atoms with Crippen LogP contribution in [-0.4, -0.2) is 63.7 Å². The first kappa shape index (κ1) is 33.2. The van der Waals surface area contributed by atoms with Gasteiger partial charge in [0, 0.05) is 31.8 Å². The summed E-state index contributed by atoms with van der Waals surface area (Å²) in [6.07, 6.45) is 14.2. The van der Waals surface area contributed by atoms with E-state index >= 15 is 0 Å². The molecule has 0 aliphatic carbocycles. The molecular formula is C30H52N3O5S+. The Kier molecular flexibility index (Phi) is 14.4. The van der Waals surface area contributed by atoms with Crippen LogP contribution in [0.1, 0.15) is 124 Å². The predicted molar refractivity (Wildman–Crippen MR) is 156 cm³/mol. The van der Waals surface area contributed by atoms with Crippen LogP contribution in [0.3, 0.4) is 0 Å². The van der Waals surface area contributed by atoms with E-state index in [1.54, 1.807) is 0 Å². The molecule has 0 N–H and O–H groups in total. The van der Waals surface area contributed by atoms with Crippen LogP contribution in [0.2, 0.25) is 0 Å². The fourth-order valence-electron chi connectivity index (χ4n) is 4.73. The Morgan fingerprint density at radius 3 is 2.28 bits per heavy atom. The number of quaternary nitrogens is 1. The van der Waals surface area contributed by atoms with Crippen molar-refractivity contribution in [2.24, 2.45) is 0 Å². The molecule has 39 heavy (non-hydrogen) atoms. The Bertz CT molecular complexity index is 911. The number of ether oxygens (including phenoxy) is 3. The summed E-state index contributed by atoms with van der Waals surface area (Å²) in [4.78, 5) is 24.3. The van der Waals surface area contributed by atoms with E-state index in [4.69, 9.17) is 14.2 Å². The van der Waals surface area contributed by atoms with Crippen LogP contribution < -0.4 is 4.74 Å². The van der Waals surface area contributed by atoms with Crippen molar-refractivity contribution in [3.05, 3.63) is 11.8 Å². The lowest BCUT2D eigenvalue weighted by atomic mass is 10.0. The van der Waals surface area contributed by atoms with Crippen LogP contribution >= 0.6 is 11.7 Å². The molecule has 1 aliphatic rings. The molecule has 0 saturated heterocycles. The first-order valence-corrected chi connectivity index (χ1v) is 15.7. The van der Waals surface area contributed by atoms with E-state index in [-0.39, 0.29) is 18.2 Å². The molecule has 222 valence electrons. The number of esters is 2. The van der Waals surface area contributed by atoms with Crippen LogP contribution in [0, 0.1) is 0 Å². The minimum absolute atomic E-state index is 0.123. The third-order valence-electron chi connectivity index (χ3n) is 7.17. The Hall–Kier alpha value is -2.00. The highest BCUT2D eigenvalue weighted by Gasteiger charge is 2.36. The van der Waals surface area contributed by atoms with Gasteiger partial charge in [0.2, 0.25) is 6.23 Å². The number of nitrogens with zero attached hydrogens (tertiary/aromatic N) is 3. The molecule has 0 fully saturated rings. The van der Waals surface area contributed by atoms with Crippen molar-refractivity contribution >= 4 is 29.2 Å². The van der Waals surface area contributed by atoms with E-state index in [0.29, 0.717) is 29.8 Å². The SMILES string of the molecule is CCCCCCOc1nsnc1C1=CCC[N+](C)([C@@H](C)OC(=O)CCCCCCCCC(=O)OC(C)(C)C)C1. The zero-order valence-electron chi connectivity index (χ0n) is 25.3. The van der Waals surface area contributed by atoms with Gasteiger partial charge in [-0.1, -0.05) is 57.9 Å². The van der Waals surface area contributed by atoms with Gasteiger partial charge in [0.15, 0.2) is 0 Å². The summed E-state index contributed by atoms with van der Waals surface area (Å²) in [6.45, 7) is 12.2. The van der Waals surface area contributed by atoms with Crippen molar-refractivity contribution in [1.29, 1.82) is 0 Å². The molecule has 0 radical (unpaired) electrons. The van der Waals surface area contributed by atoms with Crippen LogP contribution in [0.4, 0.5) is 0 Å². The molecule has 0 bridgehead atoms. The van der Waals surface area contributed by atoms with Gasteiger partial charge in [0.1, 0.15) is 17.8 Å². The standard InChI is InChI=1S/C30H52N3O5S/c1-7-8-9-16-22-36-29-28(31-39-32-29)25-18-17-21-33(6,23-25)24(2)37-26(34)19-14-12-10-11-13-15-20-27(35)38-30(3,4)5/h18,24H,7-17,19-23H2,1-6H3/q+1/t24-,33?/m1/s1. The van der Waals surface area contributed by atoms with Crippen molar-refractivity contribution in [2.75, 3.05) is 26.7 Å². The highest BCUT2D eigenvalue weighted by molar-refractivity contribution is 6.99. The van der Waals surface area contributed by atoms with Gasteiger partial charge in [-0.2, -0.15) is 4.37 Å². The Labute approximate surface area is 240 Å². The van der Waals surface area contributed by atoms with E-state index in [0.717, 1.165) is 75.7 Å². The maximum absolute atomic E-state index is 12.6. The number of unbranched alkanes of at least 4 members (excludes halogenated alkanes) is 8. The summed E-state index contributed by atoms with van der Waals surface area (Å²) >= 11 is 1.19. The summed E-state index contributed by atoms with van der Waals surface area (Å²) in [5, 5.41) is 0. The molecule has 1 aliphatic heterocycles. The van der Waals surface area contributed by atoms with E-state index in [1.165, 1.54) is 31.0 Å². The number of hydrogen-bond donors (Lipinski definition) is 0. The fourth-order valence-corrected chi connectivity index (χ4v) is 5.26. The van der Waals surface area contributed by atoms with Crippen molar-refractivity contribution in [3.63, 3.8) is 0 Å². The van der Waals surface area contributed by atoms with E-state index in [9.17, 15) is 9.59 Å². The molecule has 1 aromatic rings. The second-order valence-corrected chi connectivity index (χ2v) is 12.5. The molecule has 1 unspecified atom stereocenters. The molecule has 0 saturated carbocycles. The van der Waals surface area contributed by atoms with Gasteiger partial charge in [0.25, 0.3) is 5.88 Å². The average Bonchev–Trinajstić information content (AvgIpc) is 3.33. The van der Waals surface area contributed by atoms with Gasteiger partial charge >= 0.3 is 11.9 Å². The Balaban J connectivity index is 1.67. The van der Waals surface area contributed by atoms with Crippen molar-refractivity contribution < 1.29 is 28.3 Å². The fraction of sp³-hybridized carbons (Fsp3) is 0.800. The highest BCUT2D eigenvalue weighted by Crippen LogP contribution is 2.31. The first-order chi connectivity index (χ1) is 18.5. The average molecular weight is 567 g/mol. The summed E-state index contributed by atoms with van der Waals surface area (Å²) < 4.78 is 26.8. The van der Waals surface area contributed by atoms with Crippen molar-refractivity contribution in [1.82, 2.24) is 8.75 Å². The molecule has 1 aromatic heterocycles. The lowest BCUT2D eigenvalue weighted by Gasteiger charge is -2.41. The van der Waals surface area contributed by atoms with Crippen LogP contribution in [0.25, 0.3) is 5.57 Å². The topological polar surface area (TPSA) is 87.6 Å². The van der Waals surface area contributed by atoms with Gasteiger partial charge < -0.3 is 14.2 Å². The molecule has 0 spiro atoms. The molecule has 0 amide bonds. The monoisotopic (exact) mass is 566 g/mol. The van der Waals surface area contributed by atoms with Crippen molar-refractivity contribution in [2.45, 2.75) is 130 Å². The summed E-state index contributed by atoms with van der Waals surface area (Å²) in [5.74, 6) is 0.377. The maximum Gasteiger partial charge on any atom is 0.310 e. The van der Waals surface area contributed by atoms with E-state index in [1.807, 2.05) is 27.7 Å². The number of carbonyl (C=O) groups is 2. The summed E-state index contributed by atoms with van der Waals surface area (Å²) in [5.41, 5.74) is 1.54. The third-order valence-corrected chi connectivity index (χ3v) is 7.68. The van der Waals surface area contributed by atoms with Gasteiger partial charge in [-0.3, -0.25) is 14.1 Å². The summed E-state index contributed by atoms with van der Waals surface area (Å²) in [7, 11) is 2.15. The second-order valence-electron chi connectivity index (χ2n) is 12.0. The summed E-state index contributed by atoms with van der Waals surface area (Å²) in [6, 6.07) is 0. The minimum atomic E-state index is -0.417. The van der Waals surface area contributed by atoms with Gasteiger partial charge in [0.05, 0.1) is 31.9 Å². The lowest BCUT2D eigenvalue weighted by Crippen LogP contribution is -2.55. The second kappa shape index (κ2) is 17.0. The maximum atomic E-state index is 12.6. The normalized spacial score (nSPS) is 18.4. The molecule has 2 rings (SSSR count). The number of hydrogen-bond acceptors (Lipinski definition) is 8. The molecular weight excluding hydrogens is 514 g/mol. The van der Waals surface area contributed by atoms with Crippen molar-refractivity contribution in [3.8, 4) is 5.88 Å². The van der Waals surface area contributed by atoms with Gasteiger partial charge in [-0.25, -0.2) is 0 Å². The Morgan fingerprint density at radius 1 is 0.974 bits per heavy atom. The lowest BCUT2D eigenvalue weighted by molar-refractivity contribution is -0.944. The Morgan fingerprint density at radius 2 is 1.62 bits per heavy atom. The van der Waals surface area contributed by atoms with E-state index < -0.39 is 5.60 Å².